The van der Waals surface area contributed by atoms with Gasteiger partial charge in [-0.05, 0) is 94.0 Å². The van der Waals surface area contributed by atoms with E-state index in [0.717, 1.165) is 61.5 Å². The van der Waals surface area contributed by atoms with E-state index >= 15 is 0 Å². The van der Waals surface area contributed by atoms with Gasteiger partial charge in [-0.25, -0.2) is 0 Å². The number of carbonyl (C=O) groups is 2. The molecule has 2 heterocycles. The van der Waals surface area contributed by atoms with Crippen LogP contribution in [0.25, 0.3) is 0 Å². The highest BCUT2D eigenvalue weighted by Crippen LogP contribution is 2.31. The van der Waals surface area contributed by atoms with Crippen LogP contribution in [0.2, 0.25) is 0 Å². The summed E-state index contributed by atoms with van der Waals surface area (Å²) in [7, 11) is 4.09. The van der Waals surface area contributed by atoms with Gasteiger partial charge in [0.15, 0.2) is 0 Å². The lowest BCUT2D eigenvalue weighted by atomic mass is 9.85. The van der Waals surface area contributed by atoms with Gasteiger partial charge in [0.05, 0.1) is 11.8 Å². The summed E-state index contributed by atoms with van der Waals surface area (Å²) in [5, 5.41) is 23.3. The fourth-order valence-electron chi connectivity index (χ4n) is 5.75. The number of carboxylic acid groups (broad SMARTS) is 2. The van der Waals surface area contributed by atoms with Gasteiger partial charge in [0.2, 0.25) is 0 Å². The molecular weight excluding hydrogens is 442 g/mol. The van der Waals surface area contributed by atoms with Gasteiger partial charge in [-0.15, -0.1) is 0 Å². The number of nitrogens with zero attached hydrogens (tertiary/aromatic N) is 2. The second-order valence-corrected chi connectivity index (χ2v) is 10.4. The molecule has 35 heavy (non-hydrogen) atoms. The lowest BCUT2D eigenvalue weighted by Crippen LogP contribution is -2.28. The van der Waals surface area contributed by atoms with Gasteiger partial charge in [-0.2, -0.15) is 0 Å². The van der Waals surface area contributed by atoms with Crippen LogP contribution in [0.4, 0.5) is 11.4 Å². The summed E-state index contributed by atoms with van der Waals surface area (Å²) in [5.41, 5.74) is 3.76. The number of rotatable bonds is 10. The Morgan fingerprint density at radius 1 is 0.886 bits per heavy atom. The molecule has 0 spiro atoms. The van der Waals surface area contributed by atoms with Gasteiger partial charge in [0.1, 0.15) is 0 Å². The number of benzene rings is 2. The van der Waals surface area contributed by atoms with Gasteiger partial charge in [-0.3, -0.25) is 9.59 Å². The molecule has 7 nitrogen and oxygen atoms in total. The molecule has 1 unspecified atom stereocenters. The fourth-order valence-corrected chi connectivity index (χ4v) is 5.75. The van der Waals surface area contributed by atoms with Gasteiger partial charge < -0.3 is 25.3 Å². The molecule has 2 aromatic rings. The Bertz CT molecular complexity index is 1040. The lowest BCUT2D eigenvalue weighted by molar-refractivity contribution is -0.144. The highest BCUT2D eigenvalue weighted by atomic mass is 16.4. The van der Waals surface area contributed by atoms with Crippen molar-refractivity contribution in [3.8, 4) is 0 Å². The Morgan fingerprint density at radius 2 is 1.49 bits per heavy atom. The summed E-state index contributed by atoms with van der Waals surface area (Å²) < 4.78 is 0. The second kappa shape index (κ2) is 11.2. The van der Waals surface area contributed by atoms with Crippen molar-refractivity contribution in [2.45, 2.75) is 25.7 Å². The third-order valence-electron chi connectivity index (χ3n) is 7.75. The summed E-state index contributed by atoms with van der Waals surface area (Å²) in [4.78, 5) is 28.5. The number of aliphatic carboxylic acids is 2. The van der Waals surface area contributed by atoms with Crippen molar-refractivity contribution in [2.24, 2.45) is 23.7 Å². The van der Waals surface area contributed by atoms with Crippen LogP contribution in [-0.4, -0.2) is 72.2 Å². The fraction of sp³-hybridized carbons (Fsp3) is 0.500. The van der Waals surface area contributed by atoms with E-state index in [2.05, 4.69) is 15.1 Å². The number of anilines is 2. The predicted octanol–water partition coefficient (Wildman–Crippen LogP) is 3.82. The van der Waals surface area contributed by atoms with Crippen LogP contribution in [-0.2, 0) is 22.4 Å². The largest absolute Gasteiger partial charge is 0.481 e. The normalized spacial score (nSPS) is 22.7. The molecule has 0 saturated carbocycles. The van der Waals surface area contributed by atoms with Crippen molar-refractivity contribution in [2.75, 3.05) is 45.6 Å². The van der Waals surface area contributed by atoms with Crippen LogP contribution in [0.3, 0.4) is 0 Å². The molecule has 7 heteroatoms. The molecule has 3 N–H and O–H groups in total. The van der Waals surface area contributed by atoms with Gasteiger partial charge in [0.25, 0.3) is 0 Å². The van der Waals surface area contributed by atoms with Crippen molar-refractivity contribution in [1.29, 1.82) is 0 Å². The molecule has 4 rings (SSSR count). The predicted molar refractivity (Wildman–Crippen MR) is 137 cm³/mol. The molecule has 0 amide bonds. The van der Waals surface area contributed by atoms with Crippen LogP contribution in [0.15, 0.2) is 48.5 Å². The summed E-state index contributed by atoms with van der Waals surface area (Å²) in [6, 6.07) is 15.8. The van der Waals surface area contributed by atoms with Crippen LogP contribution in [0.1, 0.15) is 24.0 Å². The first-order valence-electron chi connectivity index (χ1n) is 12.6. The van der Waals surface area contributed by atoms with E-state index in [1.165, 1.54) is 0 Å². The summed E-state index contributed by atoms with van der Waals surface area (Å²) in [6.07, 6.45) is 2.81. The Hall–Kier alpha value is -2.90. The van der Waals surface area contributed by atoms with Gasteiger partial charge in [0, 0.05) is 24.5 Å². The Labute approximate surface area is 207 Å². The van der Waals surface area contributed by atoms with E-state index in [-0.39, 0.29) is 11.8 Å². The number of likely N-dealkylation sites (tertiary alicyclic amines) is 2. The smallest absolute Gasteiger partial charge is 0.307 e. The zero-order valence-electron chi connectivity index (χ0n) is 20.7. The number of carboxylic acids is 2. The van der Waals surface area contributed by atoms with Crippen LogP contribution in [0.5, 0.6) is 0 Å². The number of nitrogens with one attached hydrogen (secondary N) is 1. The molecule has 4 atom stereocenters. The number of hydrogen-bond acceptors (Lipinski definition) is 5. The molecule has 188 valence electrons. The Morgan fingerprint density at radius 3 is 2.06 bits per heavy atom. The van der Waals surface area contributed by atoms with Crippen molar-refractivity contribution < 1.29 is 19.8 Å². The zero-order valence-corrected chi connectivity index (χ0v) is 20.7. The molecule has 0 radical (unpaired) electrons. The van der Waals surface area contributed by atoms with Crippen molar-refractivity contribution in [3.05, 3.63) is 59.7 Å². The molecule has 2 aliphatic rings. The first-order chi connectivity index (χ1) is 16.8. The number of para-hydroxylation sites is 1. The molecule has 0 aliphatic carbocycles. The molecule has 2 aromatic carbocycles. The minimum Gasteiger partial charge on any atom is -0.481 e. The van der Waals surface area contributed by atoms with E-state index in [1.807, 2.05) is 62.6 Å². The van der Waals surface area contributed by atoms with Crippen molar-refractivity contribution in [3.63, 3.8) is 0 Å². The van der Waals surface area contributed by atoms with E-state index in [0.29, 0.717) is 12.8 Å². The zero-order chi connectivity index (χ0) is 24.9. The second-order valence-electron chi connectivity index (χ2n) is 10.4. The highest BCUT2D eigenvalue weighted by molar-refractivity contribution is 5.73. The maximum Gasteiger partial charge on any atom is 0.307 e. The van der Waals surface area contributed by atoms with Gasteiger partial charge in [-0.1, -0.05) is 30.3 Å². The topological polar surface area (TPSA) is 93.1 Å². The van der Waals surface area contributed by atoms with Crippen LogP contribution >= 0.6 is 0 Å². The Kier molecular flexibility index (Phi) is 8.08. The lowest BCUT2D eigenvalue weighted by Gasteiger charge is -2.22. The minimum atomic E-state index is -0.737. The summed E-state index contributed by atoms with van der Waals surface area (Å²) in [5.74, 6) is -1.97. The van der Waals surface area contributed by atoms with Crippen molar-refractivity contribution >= 4 is 23.3 Å². The molecule has 0 aromatic heterocycles. The highest BCUT2D eigenvalue weighted by Gasteiger charge is 2.34. The molecule has 2 saturated heterocycles. The summed E-state index contributed by atoms with van der Waals surface area (Å²) in [6.45, 7) is 3.52. The van der Waals surface area contributed by atoms with Crippen LogP contribution in [0, 0.1) is 23.7 Å². The maximum absolute atomic E-state index is 12.1. The molecular formula is C28H37N3O4. The molecule has 2 fully saturated rings. The summed E-state index contributed by atoms with van der Waals surface area (Å²) >= 11 is 0. The average molecular weight is 480 g/mol. The average Bonchev–Trinajstić information content (AvgIpc) is 3.44. The number of hydrogen-bond donors (Lipinski definition) is 3. The van der Waals surface area contributed by atoms with E-state index in [4.69, 9.17) is 0 Å². The third-order valence-corrected chi connectivity index (χ3v) is 7.75. The quantitative estimate of drug-likeness (QED) is 0.477. The monoisotopic (exact) mass is 479 g/mol. The van der Waals surface area contributed by atoms with E-state index in [9.17, 15) is 19.8 Å². The first kappa shape index (κ1) is 25.2. The Balaban J connectivity index is 1.49. The third kappa shape index (κ3) is 6.41. The van der Waals surface area contributed by atoms with Crippen LogP contribution < -0.4 is 5.32 Å². The minimum absolute atomic E-state index is 0.150. The van der Waals surface area contributed by atoms with E-state index < -0.39 is 23.8 Å². The van der Waals surface area contributed by atoms with E-state index in [1.54, 1.807) is 0 Å². The first-order valence-corrected chi connectivity index (χ1v) is 12.6. The van der Waals surface area contributed by atoms with Crippen molar-refractivity contribution in [1.82, 2.24) is 9.80 Å². The standard InChI is InChI=1S/C28H37N3O4/c1-30-12-10-21(17-30)24(27(32)33)15-19-6-5-8-23(14-19)29-26-9-4-3-7-20(26)16-25(28(34)35)22-11-13-31(2)18-22/h3-9,14,21-22,24-25,29H,10-13,15-18H2,1-2H3,(H,32,33)(H,34,35)/t21-,22-,24-,25?/m0/s1. The SMILES string of the molecule is CN1CC[C@H](C(Cc2ccccc2Nc2cccc(C[C@H](C(=O)O)[C@H]3CCN(C)C3)c2)C(=O)O)C1. The van der Waals surface area contributed by atoms with Gasteiger partial charge >= 0.3 is 11.9 Å². The maximum atomic E-state index is 12.1. The molecule has 2 aliphatic heterocycles. The molecule has 0 bridgehead atoms.